The van der Waals surface area contributed by atoms with Crippen molar-refractivity contribution in [2.75, 3.05) is 68.7 Å². The second-order valence-corrected chi connectivity index (χ2v) is 30.6. The lowest BCUT2D eigenvalue weighted by atomic mass is 9.88. The van der Waals surface area contributed by atoms with Crippen molar-refractivity contribution >= 4 is 88.3 Å². The fourth-order valence-electron chi connectivity index (χ4n) is 11.5. The summed E-state index contributed by atoms with van der Waals surface area (Å²) in [5.74, 6) is -5.87. The van der Waals surface area contributed by atoms with Crippen LogP contribution >= 0.6 is 0 Å². The van der Waals surface area contributed by atoms with Crippen LogP contribution in [0.15, 0.2) is 72.8 Å². The number of nitrogens with one attached hydrogen (secondary N) is 7. The Bertz CT molecular complexity index is 3350. The number of Topliss-reactive ketones (excluding diaryl/α,β-unsaturated/α-hetero) is 2. The molecule has 0 radical (unpaired) electrons. The van der Waals surface area contributed by atoms with Gasteiger partial charge in [0.05, 0.1) is 94.9 Å². The van der Waals surface area contributed by atoms with Crippen molar-refractivity contribution in [2.24, 2.45) is 52.9 Å². The summed E-state index contributed by atoms with van der Waals surface area (Å²) in [4.78, 5) is 150. The minimum Gasteiger partial charge on any atom is -0.460 e. The van der Waals surface area contributed by atoms with Gasteiger partial charge in [0.1, 0.15) is 22.8 Å². The highest BCUT2D eigenvalue weighted by Gasteiger charge is 2.34. The number of fused-ring (bicyclic) bond motifs is 36. The first-order valence-electron chi connectivity index (χ1n) is 37.4. The van der Waals surface area contributed by atoms with E-state index in [1.54, 1.807) is 77.9 Å². The first-order valence-corrected chi connectivity index (χ1v) is 37.4. The molecular formula is C79H119N9O19. The van der Waals surface area contributed by atoms with E-state index in [-0.39, 0.29) is 167 Å². The lowest BCUT2D eigenvalue weighted by molar-refractivity contribution is -0.161. The second-order valence-electron chi connectivity index (χ2n) is 30.6. The number of carbonyl (C=O) groups is 12. The zero-order chi connectivity index (χ0) is 79.4. The number of unbranched alkanes of at least 4 members (excludes halogenated alkanes) is 2. The summed E-state index contributed by atoms with van der Waals surface area (Å²) in [5.41, 5.74) is 14.8. The normalized spacial score (nSPS) is 20.2. The molecule has 28 nitrogen and oxygen atoms in total. The number of ether oxygens (including phenoxy) is 6. The van der Waals surface area contributed by atoms with Gasteiger partial charge in [-0.1, -0.05) is 90.8 Å². The maximum Gasteiger partial charge on any atom is 0.513 e. The van der Waals surface area contributed by atoms with Crippen molar-refractivity contribution in [2.45, 2.75) is 221 Å². The Morgan fingerprint density at radius 3 is 1.21 bits per heavy atom. The molecule has 0 unspecified atom stereocenters. The lowest BCUT2D eigenvalue weighted by Crippen LogP contribution is -2.49. The van der Waals surface area contributed by atoms with Crippen LogP contribution in [-0.4, -0.2) is 164 Å². The molecule has 12 N–H and O–H groups in total. The van der Waals surface area contributed by atoms with E-state index in [2.05, 4.69) is 42.0 Å². The van der Waals surface area contributed by atoms with Gasteiger partial charge in [-0.05, 0) is 164 Å². The standard InChI is InChI=1S/C35H55N3O8.C27H39N3O8.C17H25N3O3/c1-23(2)29-22-44-18-16-30(40)37-27-14-12-24(13-15-27)19-26(31(41)38-29)21-28(39)20-25(32(42)45-34(3,4)5)11-9-10-17-36-33(43)46-35(6,7)8;1-17(2)23-16-37-12-10-24(32)29-21-8-6-18(7-9-21)13-20(25(33)30-23)15-22(31)14-19(5-3-4-11-28)26(34)38-27(35)36;1-11(2)15-10-23-8-7-16(21)19-13-5-3-12(4-6-13)9-14(18)17(22)20-15/h12-15,23,25-26,29H,9-11,16-22H2,1-8H3,(H,36,43)(H,37,40)(H,38,41);6-9,17,19-20,23H,3-5,10-16,28H2,1-2H3,(H,29,32)(H,30,33)(H,35,36);3-6,11,14-15H,7-10,18H2,1-2H3,(H,19,21)(H,20,22)/t25-,26+,29-;19-,20+,23-;14-,15-/m111/s1. The maximum absolute atomic E-state index is 13.6. The molecule has 0 spiro atoms. The van der Waals surface area contributed by atoms with E-state index in [9.17, 15) is 57.5 Å². The number of amides is 7. The summed E-state index contributed by atoms with van der Waals surface area (Å²) >= 11 is 0. The number of anilines is 3. The van der Waals surface area contributed by atoms with E-state index in [4.69, 9.17) is 40.3 Å². The quantitative estimate of drug-likeness (QED) is 0.0194. The Labute approximate surface area is 630 Å². The minimum atomic E-state index is -1.73. The van der Waals surface area contributed by atoms with E-state index in [1.165, 1.54) is 0 Å². The number of carbonyl (C=O) groups excluding carboxylic acids is 11. The van der Waals surface area contributed by atoms with Crippen LogP contribution in [0.2, 0.25) is 0 Å². The van der Waals surface area contributed by atoms with Crippen LogP contribution in [-0.2, 0) is 95.6 Å². The third kappa shape index (κ3) is 37.6. The maximum atomic E-state index is 13.6. The molecule has 594 valence electrons. The first kappa shape index (κ1) is 90.7. The average Bonchev–Trinajstić information content (AvgIpc) is 1.66. The molecule has 0 saturated carbocycles. The van der Waals surface area contributed by atoms with Crippen LogP contribution in [0.1, 0.15) is 183 Å². The summed E-state index contributed by atoms with van der Waals surface area (Å²) in [5, 5.41) is 29.0. The molecule has 6 bridgehead atoms. The van der Waals surface area contributed by atoms with Crippen molar-refractivity contribution in [3.8, 4) is 0 Å². The third-order valence-electron chi connectivity index (χ3n) is 17.7. The number of alkyl carbamates (subject to hydrolysis) is 1. The number of carboxylic acid groups (broad SMARTS) is 1. The van der Waals surface area contributed by atoms with Gasteiger partial charge in [-0.2, -0.15) is 0 Å². The van der Waals surface area contributed by atoms with Crippen molar-refractivity contribution in [3.05, 3.63) is 89.5 Å². The first-order chi connectivity index (χ1) is 50.4. The lowest BCUT2D eigenvalue weighted by Gasteiger charge is -2.26. The number of hydrogen-bond donors (Lipinski definition) is 10. The highest BCUT2D eigenvalue weighted by atomic mass is 16.7. The van der Waals surface area contributed by atoms with E-state index in [0.717, 1.165) is 22.4 Å². The molecule has 6 aliphatic heterocycles. The van der Waals surface area contributed by atoms with Crippen LogP contribution in [0.5, 0.6) is 0 Å². The van der Waals surface area contributed by atoms with Crippen molar-refractivity contribution < 1.29 is 91.1 Å². The van der Waals surface area contributed by atoms with E-state index in [1.807, 2.05) is 77.9 Å². The van der Waals surface area contributed by atoms with Crippen LogP contribution in [0.4, 0.5) is 26.7 Å². The number of benzene rings is 3. The van der Waals surface area contributed by atoms with E-state index >= 15 is 0 Å². The average molecular weight is 1500 g/mol. The summed E-state index contributed by atoms with van der Waals surface area (Å²) < 4.78 is 32.2. The van der Waals surface area contributed by atoms with E-state index in [0.29, 0.717) is 82.6 Å². The summed E-state index contributed by atoms with van der Waals surface area (Å²) in [6.07, 6.45) is 1.93. The van der Waals surface area contributed by atoms with Gasteiger partial charge in [-0.15, -0.1) is 0 Å². The molecule has 7 amide bonds. The molecule has 3 aromatic carbocycles. The molecule has 107 heavy (non-hydrogen) atoms. The van der Waals surface area contributed by atoms with E-state index < -0.39 is 65.1 Å². The number of ketones is 2. The zero-order valence-electron chi connectivity index (χ0n) is 64.7. The molecule has 0 aromatic heterocycles. The Morgan fingerprint density at radius 1 is 0.505 bits per heavy atom. The highest BCUT2D eigenvalue weighted by Crippen LogP contribution is 2.27. The van der Waals surface area contributed by atoms with Crippen molar-refractivity contribution in [3.63, 3.8) is 0 Å². The number of esters is 2. The number of hydrogen-bond acceptors (Lipinski definition) is 20. The van der Waals surface area contributed by atoms with Gasteiger partial charge in [-0.25, -0.2) is 9.59 Å². The van der Waals surface area contributed by atoms with Crippen LogP contribution in [0, 0.1) is 41.4 Å². The molecule has 6 aliphatic rings. The Kier molecular flexibility index (Phi) is 39.4. The highest BCUT2D eigenvalue weighted by molar-refractivity contribution is 5.94. The minimum absolute atomic E-state index is 0.0383. The molecule has 6 heterocycles. The molecule has 28 heteroatoms. The molecule has 0 aliphatic carbocycles. The number of nitrogens with two attached hydrogens (primary N) is 2. The van der Waals surface area contributed by atoms with Crippen molar-refractivity contribution in [1.82, 2.24) is 21.3 Å². The van der Waals surface area contributed by atoms with Gasteiger partial charge >= 0.3 is 24.2 Å². The summed E-state index contributed by atoms with van der Waals surface area (Å²) in [7, 11) is 0. The Morgan fingerprint density at radius 2 is 0.860 bits per heavy atom. The predicted octanol–water partition coefficient (Wildman–Crippen LogP) is 9.06. The number of rotatable bonds is 22. The van der Waals surface area contributed by atoms with Crippen LogP contribution < -0.4 is 48.7 Å². The molecule has 9 rings (SSSR count). The van der Waals surface area contributed by atoms with Gasteiger partial charge in [0.15, 0.2) is 0 Å². The van der Waals surface area contributed by atoms with Gasteiger partial charge in [0, 0.05) is 61.1 Å². The summed E-state index contributed by atoms with van der Waals surface area (Å²) in [6, 6.07) is 20.3. The van der Waals surface area contributed by atoms with Gasteiger partial charge in [-0.3, -0.25) is 47.9 Å². The fourth-order valence-corrected chi connectivity index (χ4v) is 11.5. The monoisotopic (exact) mass is 1500 g/mol. The predicted molar refractivity (Wildman–Crippen MR) is 404 cm³/mol. The van der Waals surface area contributed by atoms with Gasteiger partial charge in [0.2, 0.25) is 35.4 Å². The smallest absolute Gasteiger partial charge is 0.460 e. The topological polar surface area (TPSA) is 417 Å². The summed E-state index contributed by atoms with van der Waals surface area (Å²) in [6.45, 7) is 24.9. The van der Waals surface area contributed by atoms with Crippen molar-refractivity contribution in [1.29, 1.82) is 0 Å². The fraction of sp³-hybridized carbons (Fsp3) is 0.620. The van der Waals surface area contributed by atoms with Crippen LogP contribution in [0.3, 0.4) is 0 Å². The molecule has 0 fully saturated rings. The Hall–Kier alpha value is -8.70. The molecule has 0 saturated heterocycles. The largest absolute Gasteiger partial charge is 0.513 e. The molecule has 3 aromatic rings. The molecular weight excluding hydrogens is 1380 g/mol. The van der Waals surface area contributed by atoms with Gasteiger partial charge in [0.25, 0.3) is 0 Å². The third-order valence-corrected chi connectivity index (χ3v) is 17.7. The van der Waals surface area contributed by atoms with Gasteiger partial charge < -0.3 is 82.2 Å². The zero-order valence-corrected chi connectivity index (χ0v) is 64.7. The Balaban J connectivity index is 0.000000357. The van der Waals surface area contributed by atoms with Crippen LogP contribution in [0.25, 0.3) is 0 Å². The SMILES string of the molecule is CC(C)[C@H]1COCCC(=O)Nc2ccc(cc2)C[C@@H](CC(=O)C[C@@H](CCCCN)C(=O)OC(=O)O)C(=O)N1.CC(C)[C@H]1COCCC(=O)Nc2ccc(cc2)C[C@@H](CC(=O)C[C@@H](CCCCNC(=O)OC(C)(C)C)C(=O)OC(C)(C)C)C(=O)N1.CC(C)[C@H]1COCCC(=O)Nc2ccc(cc2)C[C@@H](N)C(=O)N1. The molecule has 8 atom stereocenters. The second kappa shape index (κ2) is 46.5.